The van der Waals surface area contributed by atoms with E-state index >= 15 is 0 Å². The standard InChI is InChI=1S/C19H18ClN5O2/c20-18-15(4-2-6-21-18)19-22-16(27-23-19)11-24-9-12-7-13-3-1-5-17(26)25(13)14(8-12)10-24/h1-6,12,14H,7-11H2/t12-,14+/m0/s1. The van der Waals surface area contributed by atoms with Gasteiger partial charge in [-0.15, -0.1) is 0 Å². The third kappa shape index (κ3) is 3.07. The second-order valence-corrected chi connectivity index (χ2v) is 7.59. The summed E-state index contributed by atoms with van der Waals surface area (Å²) in [5.41, 5.74) is 1.89. The highest BCUT2D eigenvalue weighted by molar-refractivity contribution is 6.31. The van der Waals surface area contributed by atoms with Crippen LogP contribution in [0, 0.1) is 5.92 Å². The first kappa shape index (κ1) is 16.6. The number of fused-ring (bicyclic) bond motifs is 4. The second-order valence-electron chi connectivity index (χ2n) is 7.23. The normalized spacial score (nSPS) is 21.8. The third-order valence-corrected chi connectivity index (χ3v) is 5.66. The lowest BCUT2D eigenvalue weighted by Crippen LogP contribution is -2.48. The van der Waals surface area contributed by atoms with Crippen LogP contribution in [0.5, 0.6) is 0 Å². The first-order valence-electron chi connectivity index (χ1n) is 9.03. The van der Waals surface area contributed by atoms with Crippen molar-refractivity contribution in [3.05, 3.63) is 63.6 Å². The van der Waals surface area contributed by atoms with Crippen LogP contribution in [0.25, 0.3) is 11.4 Å². The van der Waals surface area contributed by atoms with E-state index in [1.165, 1.54) is 0 Å². The number of halogens is 1. The van der Waals surface area contributed by atoms with Crippen LogP contribution in [-0.2, 0) is 13.0 Å². The zero-order chi connectivity index (χ0) is 18.4. The number of likely N-dealkylation sites (tertiary alicyclic amines) is 1. The molecule has 0 spiro atoms. The first-order chi connectivity index (χ1) is 13.2. The van der Waals surface area contributed by atoms with E-state index in [0.717, 1.165) is 31.6 Å². The first-order valence-corrected chi connectivity index (χ1v) is 9.41. The highest BCUT2D eigenvalue weighted by Gasteiger charge is 2.34. The quantitative estimate of drug-likeness (QED) is 0.647. The molecule has 0 amide bonds. The van der Waals surface area contributed by atoms with Crippen molar-refractivity contribution in [2.45, 2.75) is 25.4 Å². The van der Waals surface area contributed by atoms with Gasteiger partial charge < -0.3 is 9.09 Å². The Morgan fingerprint density at radius 2 is 2.15 bits per heavy atom. The van der Waals surface area contributed by atoms with Crippen molar-refractivity contribution in [3.8, 4) is 11.4 Å². The number of pyridine rings is 2. The van der Waals surface area contributed by atoms with E-state index in [1.54, 1.807) is 18.3 Å². The van der Waals surface area contributed by atoms with Gasteiger partial charge in [0.1, 0.15) is 5.15 Å². The van der Waals surface area contributed by atoms with Crippen molar-refractivity contribution in [2.24, 2.45) is 5.92 Å². The molecule has 0 aromatic carbocycles. The molecule has 2 aliphatic heterocycles. The van der Waals surface area contributed by atoms with Crippen molar-refractivity contribution in [1.29, 1.82) is 0 Å². The Morgan fingerprint density at radius 3 is 3.04 bits per heavy atom. The van der Waals surface area contributed by atoms with Gasteiger partial charge in [-0.05, 0) is 37.0 Å². The molecule has 0 unspecified atom stereocenters. The molecular weight excluding hydrogens is 366 g/mol. The van der Waals surface area contributed by atoms with Crippen LogP contribution in [-0.4, -0.2) is 37.7 Å². The van der Waals surface area contributed by atoms with Crippen LogP contribution in [0.4, 0.5) is 0 Å². The minimum Gasteiger partial charge on any atom is -0.338 e. The molecular formula is C19H18ClN5O2. The van der Waals surface area contributed by atoms with E-state index < -0.39 is 0 Å². The average Bonchev–Trinajstić information content (AvgIpc) is 3.10. The molecule has 0 aliphatic carbocycles. The number of nitrogens with zero attached hydrogens (tertiary/aromatic N) is 5. The molecule has 2 aliphatic rings. The van der Waals surface area contributed by atoms with Crippen LogP contribution >= 0.6 is 11.6 Å². The summed E-state index contributed by atoms with van der Waals surface area (Å²) in [7, 11) is 0. The Kier molecular flexibility index (Phi) is 4.06. The lowest BCUT2D eigenvalue weighted by molar-refractivity contribution is 0.0902. The maximum absolute atomic E-state index is 12.3. The SMILES string of the molecule is O=c1cccc2n1[C@@H]1C[C@H](C2)CN(Cc2nc(-c3cccnc3Cl)no2)C1. The number of hydrogen-bond acceptors (Lipinski definition) is 6. The van der Waals surface area contributed by atoms with E-state index in [9.17, 15) is 4.79 Å². The summed E-state index contributed by atoms with van der Waals surface area (Å²) in [6.45, 7) is 2.33. The van der Waals surface area contributed by atoms with Gasteiger partial charge in [-0.1, -0.05) is 22.8 Å². The topological polar surface area (TPSA) is 77.1 Å². The Balaban J connectivity index is 1.36. The van der Waals surface area contributed by atoms with Crippen LogP contribution in [0.2, 0.25) is 5.15 Å². The van der Waals surface area contributed by atoms with E-state index in [1.807, 2.05) is 16.7 Å². The predicted octanol–water partition coefficient (Wildman–Crippen LogP) is 2.57. The fraction of sp³-hybridized carbons (Fsp3) is 0.368. The van der Waals surface area contributed by atoms with Crippen molar-refractivity contribution in [3.63, 3.8) is 0 Å². The zero-order valence-corrected chi connectivity index (χ0v) is 15.3. The Bertz CT molecular complexity index is 1050. The van der Waals surface area contributed by atoms with Crippen molar-refractivity contribution < 1.29 is 4.52 Å². The number of hydrogen-bond donors (Lipinski definition) is 0. The van der Waals surface area contributed by atoms with Gasteiger partial charge in [0.25, 0.3) is 5.56 Å². The molecule has 5 rings (SSSR count). The van der Waals surface area contributed by atoms with Crippen molar-refractivity contribution >= 4 is 11.6 Å². The van der Waals surface area contributed by atoms with Crippen LogP contribution in [0.3, 0.4) is 0 Å². The minimum atomic E-state index is 0.0871. The molecule has 0 saturated carbocycles. The van der Waals surface area contributed by atoms with Crippen LogP contribution in [0.15, 0.2) is 45.8 Å². The van der Waals surface area contributed by atoms with Gasteiger partial charge in [0.2, 0.25) is 11.7 Å². The Labute approximate surface area is 160 Å². The smallest absolute Gasteiger partial charge is 0.251 e. The zero-order valence-electron chi connectivity index (χ0n) is 14.6. The third-order valence-electron chi connectivity index (χ3n) is 5.35. The summed E-state index contributed by atoms with van der Waals surface area (Å²) in [4.78, 5) is 23.1. The molecule has 1 fully saturated rings. The van der Waals surface area contributed by atoms with Crippen LogP contribution in [0.1, 0.15) is 24.0 Å². The molecule has 138 valence electrons. The van der Waals surface area contributed by atoms with E-state index in [4.69, 9.17) is 16.1 Å². The van der Waals surface area contributed by atoms with Gasteiger partial charge in [0.05, 0.1) is 12.1 Å². The molecule has 2 atom stereocenters. The van der Waals surface area contributed by atoms with Gasteiger partial charge in [-0.25, -0.2) is 4.98 Å². The van der Waals surface area contributed by atoms with Gasteiger partial charge in [-0.2, -0.15) is 4.98 Å². The summed E-state index contributed by atoms with van der Waals surface area (Å²) >= 11 is 6.11. The molecule has 5 heterocycles. The highest BCUT2D eigenvalue weighted by Crippen LogP contribution is 2.33. The molecule has 1 saturated heterocycles. The predicted molar refractivity (Wildman–Crippen MR) is 99.4 cm³/mol. The monoisotopic (exact) mass is 383 g/mol. The molecule has 8 heteroatoms. The summed E-state index contributed by atoms with van der Waals surface area (Å²) in [5, 5.41) is 4.40. The van der Waals surface area contributed by atoms with E-state index in [-0.39, 0.29) is 11.6 Å². The number of piperidine rings is 1. The largest absolute Gasteiger partial charge is 0.338 e. The van der Waals surface area contributed by atoms with Gasteiger partial charge in [-0.3, -0.25) is 9.69 Å². The lowest BCUT2D eigenvalue weighted by Gasteiger charge is -2.42. The van der Waals surface area contributed by atoms with E-state index in [0.29, 0.717) is 34.9 Å². The summed E-state index contributed by atoms with van der Waals surface area (Å²) < 4.78 is 7.39. The summed E-state index contributed by atoms with van der Waals surface area (Å²) in [6.07, 6.45) is 3.61. The maximum Gasteiger partial charge on any atom is 0.251 e. The molecule has 0 N–H and O–H groups in total. The summed E-state index contributed by atoms with van der Waals surface area (Å²) in [6, 6.07) is 9.38. The molecule has 3 aromatic rings. The second kappa shape index (κ2) is 6.58. The fourth-order valence-electron chi connectivity index (χ4n) is 4.33. The molecule has 7 nitrogen and oxygen atoms in total. The van der Waals surface area contributed by atoms with E-state index in [2.05, 4.69) is 26.1 Å². The number of rotatable bonds is 3. The lowest BCUT2D eigenvalue weighted by atomic mass is 9.86. The van der Waals surface area contributed by atoms with Gasteiger partial charge in [0, 0.05) is 37.1 Å². The highest BCUT2D eigenvalue weighted by atomic mass is 35.5. The van der Waals surface area contributed by atoms with Gasteiger partial charge in [0.15, 0.2) is 0 Å². The average molecular weight is 384 g/mol. The summed E-state index contributed by atoms with van der Waals surface area (Å²) in [5.74, 6) is 1.54. The minimum absolute atomic E-state index is 0.0871. The van der Waals surface area contributed by atoms with Crippen molar-refractivity contribution in [1.82, 2.24) is 24.6 Å². The molecule has 2 bridgehead atoms. The molecule has 0 radical (unpaired) electrons. The maximum atomic E-state index is 12.3. The fourth-order valence-corrected chi connectivity index (χ4v) is 4.53. The molecule has 27 heavy (non-hydrogen) atoms. The number of aromatic nitrogens is 4. The Morgan fingerprint density at radius 1 is 1.22 bits per heavy atom. The molecule has 3 aromatic heterocycles. The van der Waals surface area contributed by atoms with Crippen LogP contribution < -0.4 is 5.56 Å². The Hall–Kier alpha value is -2.51. The van der Waals surface area contributed by atoms with Gasteiger partial charge >= 0.3 is 0 Å². The van der Waals surface area contributed by atoms with Crippen molar-refractivity contribution in [2.75, 3.05) is 13.1 Å².